The number of aromatic nitrogens is 4. The number of amides is 1. The van der Waals surface area contributed by atoms with E-state index >= 15 is 0 Å². The van der Waals surface area contributed by atoms with Crippen molar-refractivity contribution in [3.63, 3.8) is 0 Å². The summed E-state index contributed by atoms with van der Waals surface area (Å²) in [7, 11) is -3.03. The summed E-state index contributed by atoms with van der Waals surface area (Å²) in [6.07, 6.45) is 6.14. The number of thiophene rings is 1. The summed E-state index contributed by atoms with van der Waals surface area (Å²) in [5.74, 6) is 1.62. The number of carbonyl (C=O) groups is 1. The minimum Gasteiger partial charge on any atom is -0.489 e. The van der Waals surface area contributed by atoms with E-state index < -0.39 is 14.6 Å². The lowest BCUT2D eigenvalue weighted by Gasteiger charge is -2.55. The lowest BCUT2D eigenvalue weighted by Crippen LogP contribution is -2.73. The molecule has 0 saturated carbocycles. The molecule has 3 aliphatic rings. The van der Waals surface area contributed by atoms with E-state index in [1.54, 1.807) is 28.8 Å². The molecule has 3 aromatic heterocycles. The van der Waals surface area contributed by atoms with Crippen LogP contribution in [0.25, 0.3) is 21.1 Å². The van der Waals surface area contributed by atoms with Gasteiger partial charge in [0.1, 0.15) is 27.5 Å². The Labute approximate surface area is 223 Å². The normalized spacial score (nSPS) is 21.3. The molecule has 0 radical (unpaired) electrons. The first-order chi connectivity index (χ1) is 18.2. The van der Waals surface area contributed by atoms with Crippen molar-refractivity contribution in [3.05, 3.63) is 35.1 Å². The van der Waals surface area contributed by atoms with Crippen molar-refractivity contribution >= 4 is 59.7 Å². The highest BCUT2D eigenvalue weighted by Crippen LogP contribution is 2.45. The Hall–Kier alpha value is -3.25. The van der Waals surface area contributed by atoms with Crippen molar-refractivity contribution in [1.29, 1.82) is 0 Å². The molecule has 0 bridgehead atoms. The molecule has 5 heterocycles. The summed E-state index contributed by atoms with van der Waals surface area (Å²) in [6.45, 7) is 4.68. The number of anilines is 2. The van der Waals surface area contributed by atoms with Crippen molar-refractivity contribution in [1.82, 2.24) is 25.1 Å². The van der Waals surface area contributed by atoms with Gasteiger partial charge in [0.25, 0.3) is 0 Å². The summed E-state index contributed by atoms with van der Waals surface area (Å²) in [5, 5.41) is 12.6. The van der Waals surface area contributed by atoms with Gasteiger partial charge in [0.15, 0.2) is 9.84 Å². The zero-order valence-electron chi connectivity index (χ0n) is 21.2. The van der Waals surface area contributed by atoms with Crippen molar-refractivity contribution in [2.24, 2.45) is 5.92 Å². The van der Waals surface area contributed by atoms with Gasteiger partial charge in [-0.2, -0.15) is 5.10 Å². The van der Waals surface area contributed by atoms with Gasteiger partial charge < -0.3 is 15.0 Å². The van der Waals surface area contributed by atoms with E-state index in [1.165, 1.54) is 5.56 Å². The highest BCUT2D eigenvalue weighted by atomic mass is 32.2. The Morgan fingerprint density at radius 2 is 2.13 bits per heavy atom. The first-order valence-corrected chi connectivity index (χ1v) is 15.4. The Kier molecular flexibility index (Phi) is 5.25. The van der Waals surface area contributed by atoms with Crippen molar-refractivity contribution in [2.75, 3.05) is 24.2 Å². The van der Waals surface area contributed by atoms with Crippen LogP contribution in [0.2, 0.25) is 0 Å². The fraction of sp³-hybridized carbons (Fsp3) is 0.462. The molecule has 1 aliphatic carbocycles. The molecular weight excluding hydrogens is 524 g/mol. The van der Waals surface area contributed by atoms with Crippen molar-refractivity contribution < 1.29 is 17.9 Å². The van der Waals surface area contributed by atoms with Crippen LogP contribution in [0.3, 0.4) is 0 Å². The van der Waals surface area contributed by atoms with Crippen LogP contribution in [-0.2, 0) is 27.5 Å². The average Bonchev–Trinajstić information content (AvgIpc) is 3.46. The fourth-order valence-electron chi connectivity index (χ4n) is 5.94. The van der Waals surface area contributed by atoms with Gasteiger partial charge in [0.2, 0.25) is 5.91 Å². The highest BCUT2D eigenvalue weighted by molar-refractivity contribution is 7.94. The Morgan fingerprint density at radius 3 is 2.87 bits per heavy atom. The first-order valence-electron chi connectivity index (χ1n) is 12.9. The molecule has 10 nitrogen and oxygen atoms in total. The van der Waals surface area contributed by atoms with Crippen LogP contribution in [0.4, 0.5) is 11.5 Å². The number of benzene rings is 1. The number of hydrogen-bond acceptors (Lipinski definition) is 9. The summed E-state index contributed by atoms with van der Waals surface area (Å²) >= 11 is 1.61. The number of fused-ring (bicyclic) bond motifs is 4. The average molecular weight is 553 g/mol. The second kappa shape index (κ2) is 8.37. The number of carbonyl (C=O) groups excluding carboxylic acids is 1. The van der Waals surface area contributed by atoms with Crippen molar-refractivity contribution in [2.45, 2.75) is 50.4 Å². The summed E-state index contributed by atoms with van der Waals surface area (Å²) in [5.41, 5.74) is 2.88. The van der Waals surface area contributed by atoms with E-state index in [9.17, 15) is 13.2 Å². The predicted molar refractivity (Wildman–Crippen MR) is 146 cm³/mol. The fourth-order valence-corrected chi connectivity index (χ4v) is 9.03. The number of H-pyrrole nitrogens is 1. The maximum absolute atomic E-state index is 13.2. The third kappa shape index (κ3) is 3.60. The quantitative estimate of drug-likeness (QED) is 0.384. The molecule has 2 N–H and O–H groups in total. The van der Waals surface area contributed by atoms with Crippen LogP contribution < -0.4 is 10.1 Å². The van der Waals surface area contributed by atoms with Crippen molar-refractivity contribution in [3.8, 4) is 5.75 Å². The number of aromatic amines is 1. The van der Waals surface area contributed by atoms with Gasteiger partial charge in [0, 0.05) is 35.3 Å². The molecule has 1 spiro atoms. The molecule has 2 saturated heterocycles. The topological polar surface area (TPSA) is 130 Å². The standard InChI is InChI=1S/C26H28N6O4S2/c1-14(2)36-20-9-18-16(10-29-31-18)7-19(20)30-23-22-17-4-3-15(8-21(17)37-24(22)28-13-27-23)25(33)32-11-26(12-32)5-6-38(26,34)35/h7,9-10,13-15H,3-6,8,11-12H2,1-2H3,(H,29,31)(H,27,28,30)/t15-/m0/s1. The van der Waals surface area contributed by atoms with E-state index in [1.807, 2.05) is 26.0 Å². The third-order valence-electron chi connectivity index (χ3n) is 8.11. The van der Waals surface area contributed by atoms with Gasteiger partial charge in [-0.05, 0) is 51.2 Å². The van der Waals surface area contributed by atoms with Crippen LogP contribution >= 0.6 is 11.3 Å². The lowest BCUT2D eigenvalue weighted by molar-refractivity contribution is -0.141. The van der Waals surface area contributed by atoms with Crippen LogP contribution in [0.15, 0.2) is 24.7 Å². The van der Waals surface area contributed by atoms with E-state index in [0.29, 0.717) is 37.5 Å². The summed E-state index contributed by atoms with van der Waals surface area (Å²) < 4.78 is 29.7. The van der Waals surface area contributed by atoms with Crippen LogP contribution in [0.5, 0.6) is 5.75 Å². The van der Waals surface area contributed by atoms with Gasteiger partial charge >= 0.3 is 0 Å². The molecule has 1 aromatic carbocycles. The molecule has 12 heteroatoms. The minimum atomic E-state index is -3.03. The van der Waals surface area contributed by atoms with Gasteiger partial charge in [-0.25, -0.2) is 18.4 Å². The first kappa shape index (κ1) is 23.8. The molecule has 0 unspecified atom stereocenters. The second-order valence-corrected chi connectivity index (χ2v) is 14.5. The molecule has 2 aliphatic heterocycles. The van der Waals surface area contributed by atoms with E-state index in [4.69, 9.17) is 4.74 Å². The van der Waals surface area contributed by atoms with Crippen LogP contribution in [-0.4, -0.2) is 69.1 Å². The van der Waals surface area contributed by atoms with Gasteiger partial charge in [-0.15, -0.1) is 11.3 Å². The minimum absolute atomic E-state index is 0.00426. The number of rotatable bonds is 5. The third-order valence-corrected chi connectivity index (χ3v) is 11.8. The Balaban J connectivity index is 1.16. The Bertz CT molecular complexity index is 1700. The molecule has 1 amide bonds. The van der Waals surface area contributed by atoms with Crippen LogP contribution in [0, 0.1) is 5.92 Å². The zero-order chi connectivity index (χ0) is 26.2. The monoisotopic (exact) mass is 552 g/mol. The molecule has 198 valence electrons. The van der Waals surface area contributed by atoms with E-state index in [-0.39, 0.29) is 23.7 Å². The Morgan fingerprint density at radius 1 is 1.29 bits per heavy atom. The molecule has 2 fully saturated rings. The largest absolute Gasteiger partial charge is 0.489 e. The number of nitrogens with zero attached hydrogens (tertiary/aromatic N) is 4. The lowest BCUT2D eigenvalue weighted by atomic mass is 9.85. The van der Waals surface area contributed by atoms with Crippen LogP contribution in [0.1, 0.15) is 37.1 Å². The van der Waals surface area contributed by atoms with E-state index in [2.05, 4.69) is 25.5 Å². The molecule has 4 aromatic rings. The number of hydrogen-bond donors (Lipinski definition) is 2. The predicted octanol–water partition coefficient (Wildman–Crippen LogP) is 3.60. The number of nitrogens with one attached hydrogen (secondary N) is 2. The summed E-state index contributed by atoms with van der Waals surface area (Å²) in [4.78, 5) is 26.2. The highest BCUT2D eigenvalue weighted by Gasteiger charge is 2.61. The second-order valence-electron chi connectivity index (χ2n) is 10.9. The number of sulfone groups is 1. The smallest absolute Gasteiger partial charge is 0.226 e. The van der Waals surface area contributed by atoms with Gasteiger partial charge in [-0.3, -0.25) is 9.89 Å². The number of ether oxygens (including phenoxy) is 1. The van der Waals surface area contributed by atoms with Gasteiger partial charge in [0.05, 0.1) is 34.6 Å². The maximum Gasteiger partial charge on any atom is 0.226 e. The molecular formula is C26H28N6O4S2. The molecule has 1 atom stereocenters. The van der Waals surface area contributed by atoms with E-state index in [0.717, 1.165) is 44.5 Å². The SMILES string of the molecule is CC(C)Oc1cc2[nH]ncc2cc1Nc1ncnc2sc3c(c12)CC[C@H](C(=O)N1CC2(CCS2(=O)=O)C1)C3. The maximum atomic E-state index is 13.2. The van der Waals surface area contributed by atoms with Gasteiger partial charge in [-0.1, -0.05) is 0 Å². The molecule has 38 heavy (non-hydrogen) atoms. The number of aryl methyl sites for hydroxylation is 1. The number of likely N-dealkylation sites (tertiary alicyclic amines) is 1. The molecule has 7 rings (SSSR count). The zero-order valence-corrected chi connectivity index (χ0v) is 22.8. The summed E-state index contributed by atoms with van der Waals surface area (Å²) in [6, 6.07) is 3.94.